The van der Waals surface area contributed by atoms with Crippen LogP contribution in [0.25, 0.3) is 5.82 Å². The van der Waals surface area contributed by atoms with Crippen LogP contribution in [0.15, 0.2) is 36.9 Å². The van der Waals surface area contributed by atoms with Crippen LogP contribution in [-0.4, -0.2) is 54.5 Å². The molecule has 0 aliphatic carbocycles. The van der Waals surface area contributed by atoms with Crippen LogP contribution >= 0.6 is 0 Å². The number of likely N-dealkylation sites (tertiary alicyclic amines) is 1. The third kappa shape index (κ3) is 5.75. The van der Waals surface area contributed by atoms with Crippen molar-refractivity contribution in [3.05, 3.63) is 65.1 Å². The van der Waals surface area contributed by atoms with Gasteiger partial charge in [0.25, 0.3) is 11.8 Å². The van der Waals surface area contributed by atoms with E-state index in [1.54, 1.807) is 11.8 Å². The van der Waals surface area contributed by atoms with Gasteiger partial charge in [0.15, 0.2) is 11.6 Å². The molecule has 1 aliphatic heterocycles. The van der Waals surface area contributed by atoms with Gasteiger partial charge in [-0.05, 0) is 37.5 Å². The first kappa shape index (κ1) is 27.0. The summed E-state index contributed by atoms with van der Waals surface area (Å²) in [5.41, 5.74) is -3.90. The van der Waals surface area contributed by atoms with Gasteiger partial charge in [-0.1, -0.05) is 6.92 Å². The van der Waals surface area contributed by atoms with Crippen LogP contribution in [0, 0.1) is 0 Å². The molecule has 0 spiro atoms. The summed E-state index contributed by atoms with van der Waals surface area (Å²) in [6, 6.07) is -0.309. The van der Waals surface area contributed by atoms with Crippen LogP contribution in [0.5, 0.6) is 0 Å². The summed E-state index contributed by atoms with van der Waals surface area (Å²) in [6.07, 6.45) is -4.54. The van der Waals surface area contributed by atoms with Crippen LogP contribution in [0.2, 0.25) is 0 Å². The van der Waals surface area contributed by atoms with Gasteiger partial charge in [-0.3, -0.25) is 9.59 Å². The lowest BCUT2D eigenvalue weighted by Crippen LogP contribution is -2.31. The van der Waals surface area contributed by atoms with E-state index >= 15 is 0 Å². The minimum atomic E-state index is -5.10. The lowest BCUT2D eigenvalue weighted by atomic mass is 10.0. The number of nitrogens with zero attached hydrogens (tertiary/aromatic N) is 6. The SMILES string of the molecule is CC[C@H](NC(=O)c1cc(C(F)(F)F)cc(C(F)(F)F)c1)c1ncnn1-c1cnc(C(=O)N2CCCC2)cn1. The Hall–Kier alpha value is -4.04. The molecule has 9 nitrogen and oxygen atoms in total. The lowest BCUT2D eigenvalue weighted by molar-refractivity contribution is -0.143. The molecule has 15 heteroatoms. The molecule has 0 radical (unpaired) electrons. The van der Waals surface area contributed by atoms with Gasteiger partial charge in [-0.15, -0.1) is 0 Å². The molecule has 1 aliphatic rings. The highest BCUT2D eigenvalue weighted by molar-refractivity contribution is 5.95. The number of benzene rings is 1. The van der Waals surface area contributed by atoms with Gasteiger partial charge in [-0.2, -0.15) is 36.1 Å². The molecule has 38 heavy (non-hydrogen) atoms. The van der Waals surface area contributed by atoms with Crippen molar-refractivity contribution in [1.82, 2.24) is 34.9 Å². The maximum Gasteiger partial charge on any atom is 0.416 e. The van der Waals surface area contributed by atoms with E-state index in [0.29, 0.717) is 25.2 Å². The number of hydrogen-bond donors (Lipinski definition) is 1. The summed E-state index contributed by atoms with van der Waals surface area (Å²) < 4.78 is 80.4. The van der Waals surface area contributed by atoms with Gasteiger partial charge < -0.3 is 10.2 Å². The molecular formula is C23H21F6N7O2. The molecule has 0 bridgehead atoms. The topological polar surface area (TPSA) is 106 Å². The average molecular weight is 541 g/mol. The predicted octanol–water partition coefficient (Wildman–Crippen LogP) is 4.21. The molecule has 202 valence electrons. The Balaban J connectivity index is 1.58. The highest BCUT2D eigenvalue weighted by Crippen LogP contribution is 2.36. The Kier molecular flexibility index (Phi) is 7.37. The predicted molar refractivity (Wildman–Crippen MR) is 119 cm³/mol. The number of amides is 2. The third-order valence-electron chi connectivity index (χ3n) is 5.92. The van der Waals surface area contributed by atoms with Crippen LogP contribution in [0.4, 0.5) is 26.3 Å². The van der Waals surface area contributed by atoms with Gasteiger partial charge in [0.1, 0.15) is 12.0 Å². The maximum absolute atomic E-state index is 13.2. The summed E-state index contributed by atoms with van der Waals surface area (Å²) in [4.78, 5) is 39.3. The second-order valence-electron chi connectivity index (χ2n) is 8.52. The average Bonchev–Trinajstić information content (AvgIpc) is 3.58. The van der Waals surface area contributed by atoms with Gasteiger partial charge in [-0.25, -0.2) is 15.0 Å². The van der Waals surface area contributed by atoms with Crippen molar-refractivity contribution in [3.8, 4) is 5.82 Å². The Bertz CT molecular complexity index is 1280. The molecule has 0 saturated carbocycles. The van der Waals surface area contributed by atoms with Gasteiger partial charge in [0, 0.05) is 18.7 Å². The number of rotatable bonds is 6. The number of carbonyl (C=O) groups is 2. The van der Waals surface area contributed by atoms with Crippen molar-refractivity contribution in [2.75, 3.05) is 13.1 Å². The molecule has 3 aromatic rings. The van der Waals surface area contributed by atoms with Gasteiger partial charge >= 0.3 is 12.4 Å². The van der Waals surface area contributed by atoms with Crippen LogP contribution in [0.1, 0.15) is 70.0 Å². The largest absolute Gasteiger partial charge is 0.416 e. The number of aromatic nitrogens is 5. The van der Waals surface area contributed by atoms with E-state index in [9.17, 15) is 35.9 Å². The molecule has 4 rings (SSSR count). The zero-order valence-electron chi connectivity index (χ0n) is 19.8. The van der Waals surface area contributed by atoms with Gasteiger partial charge in [0.2, 0.25) is 0 Å². The molecule has 1 aromatic carbocycles. The molecule has 1 atom stereocenters. The first-order valence-corrected chi connectivity index (χ1v) is 11.5. The minimum Gasteiger partial charge on any atom is -0.342 e. The van der Waals surface area contributed by atoms with Crippen molar-refractivity contribution in [2.45, 2.75) is 44.6 Å². The molecule has 1 saturated heterocycles. The summed E-state index contributed by atoms with van der Waals surface area (Å²) >= 11 is 0. The van der Waals surface area contributed by atoms with Crippen LogP contribution in [0.3, 0.4) is 0 Å². The molecule has 2 aromatic heterocycles. The zero-order valence-corrected chi connectivity index (χ0v) is 19.8. The summed E-state index contributed by atoms with van der Waals surface area (Å²) in [6.45, 7) is 2.88. The minimum absolute atomic E-state index is 0.0541. The molecular weight excluding hydrogens is 520 g/mol. The maximum atomic E-state index is 13.2. The van der Waals surface area contributed by atoms with E-state index in [-0.39, 0.29) is 35.7 Å². The van der Waals surface area contributed by atoms with Crippen LogP contribution < -0.4 is 5.32 Å². The number of alkyl halides is 6. The van der Waals surface area contributed by atoms with E-state index in [1.807, 2.05) is 0 Å². The summed E-state index contributed by atoms with van der Waals surface area (Å²) in [5.74, 6) is -1.18. The molecule has 3 heterocycles. The number of halogens is 6. The fourth-order valence-electron chi connectivity index (χ4n) is 3.96. The highest BCUT2D eigenvalue weighted by atomic mass is 19.4. The van der Waals surface area contributed by atoms with Crippen molar-refractivity contribution < 1.29 is 35.9 Å². The van der Waals surface area contributed by atoms with Crippen LogP contribution in [-0.2, 0) is 12.4 Å². The van der Waals surface area contributed by atoms with E-state index in [2.05, 4.69) is 25.4 Å². The number of hydrogen-bond acceptors (Lipinski definition) is 6. The second-order valence-corrected chi connectivity index (χ2v) is 8.52. The Morgan fingerprint density at radius 3 is 2.11 bits per heavy atom. The van der Waals surface area contributed by atoms with Crippen molar-refractivity contribution in [3.63, 3.8) is 0 Å². The fraction of sp³-hybridized carbons (Fsp3) is 0.391. The standard InChI is InChI=1S/C23H21F6N7O2/c1-2-16(34-20(37)13-7-14(22(24,25)26)9-15(8-13)23(27,28)29)19-32-12-33-36(19)18-11-30-17(10-31-18)21(38)35-5-3-4-6-35/h7-12,16H,2-6H2,1H3,(H,34,37)/t16-/m0/s1. The Morgan fingerprint density at radius 2 is 1.58 bits per heavy atom. The van der Waals surface area contributed by atoms with Crippen molar-refractivity contribution in [1.29, 1.82) is 0 Å². The van der Waals surface area contributed by atoms with Gasteiger partial charge in [0.05, 0.1) is 29.6 Å². The molecule has 0 unspecified atom stereocenters. The van der Waals surface area contributed by atoms with E-state index < -0.39 is 41.0 Å². The first-order valence-electron chi connectivity index (χ1n) is 11.5. The van der Waals surface area contributed by atoms with E-state index in [1.165, 1.54) is 17.1 Å². The highest BCUT2D eigenvalue weighted by Gasteiger charge is 2.37. The van der Waals surface area contributed by atoms with Crippen molar-refractivity contribution >= 4 is 11.8 Å². The lowest BCUT2D eigenvalue weighted by Gasteiger charge is -2.19. The fourth-order valence-corrected chi connectivity index (χ4v) is 3.96. The normalized spacial score (nSPS) is 15.0. The zero-order chi connectivity index (χ0) is 27.7. The monoisotopic (exact) mass is 541 g/mol. The molecule has 1 N–H and O–H groups in total. The Labute approximate surface area is 211 Å². The number of carbonyl (C=O) groups excluding carboxylic acids is 2. The Morgan fingerprint density at radius 1 is 0.947 bits per heavy atom. The summed E-state index contributed by atoms with van der Waals surface area (Å²) in [5, 5.41) is 6.45. The second kappa shape index (κ2) is 10.4. The van der Waals surface area contributed by atoms with E-state index in [0.717, 1.165) is 19.2 Å². The number of nitrogens with one attached hydrogen (secondary N) is 1. The quantitative estimate of drug-likeness (QED) is 0.469. The third-order valence-corrected chi connectivity index (χ3v) is 5.92. The van der Waals surface area contributed by atoms with E-state index in [4.69, 9.17) is 0 Å². The molecule has 1 fully saturated rings. The molecule has 2 amide bonds. The first-order chi connectivity index (χ1) is 17.9. The smallest absolute Gasteiger partial charge is 0.342 e. The summed E-state index contributed by atoms with van der Waals surface area (Å²) in [7, 11) is 0. The van der Waals surface area contributed by atoms with Crippen molar-refractivity contribution in [2.24, 2.45) is 0 Å².